The van der Waals surface area contributed by atoms with Crippen molar-refractivity contribution >= 4 is 22.4 Å². The number of rotatable bonds is 0. The van der Waals surface area contributed by atoms with Gasteiger partial charge in [-0.2, -0.15) is 5.26 Å². The molecule has 0 saturated carbocycles. The lowest BCUT2D eigenvalue weighted by Gasteiger charge is -2.01. The van der Waals surface area contributed by atoms with Gasteiger partial charge in [-0.05, 0) is 23.6 Å². The predicted molar refractivity (Wildman–Crippen MR) is 51.4 cm³/mol. The van der Waals surface area contributed by atoms with Gasteiger partial charge in [0.05, 0.1) is 11.6 Å². The highest BCUT2D eigenvalue weighted by atomic mass is 35.5. The molecule has 0 aliphatic heterocycles. The van der Waals surface area contributed by atoms with Crippen molar-refractivity contribution in [2.45, 2.75) is 0 Å². The maximum Gasteiger partial charge on any atom is 0.138 e. The van der Waals surface area contributed by atoms with Crippen molar-refractivity contribution in [1.29, 1.82) is 5.26 Å². The number of pyridine rings is 1. The molecule has 0 unspecified atom stereocenters. The molecule has 0 aliphatic carbocycles. The second kappa shape index (κ2) is 3.24. The van der Waals surface area contributed by atoms with Crippen LogP contribution >= 0.6 is 11.6 Å². The molecule has 0 radical (unpaired) electrons. The maximum absolute atomic E-state index is 13.0. The Morgan fingerprint density at radius 1 is 1.43 bits per heavy atom. The summed E-state index contributed by atoms with van der Waals surface area (Å²) in [4.78, 5) is 3.84. The van der Waals surface area contributed by atoms with Crippen molar-refractivity contribution in [3.63, 3.8) is 0 Å². The van der Waals surface area contributed by atoms with Crippen LogP contribution in [0.2, 0.25) is 5.15 Å². The quantitative estimate of drug-likeness (QED) is 0.622. The third-order valence-electron chi connectivity index (χ3n) is 1.90. The molecule has 1 aromatic carbocycles. The largest absolute Gasteiger partial charge is 0.244 e. The minimum absolute atomic E-state index is 0.207. The van der Waals surface area contributed by atoms with Crippen molar-refractivity contribution < 1.29 is 4.39 Å². The molecule has 0 saturated heterocycles. The van der Waals surface area contributed by atoms with Crippen molar-refractivity contribution in [1.82, 2.24) is 4.98 Å². The molecule has 0 amide bonds. The lowest BCUT2D eigenvalue weighted by Crippen LogP contribution is -1.86. The Balaban J connectivity index is 2.98. The van der Waals surface area contributed by atoms with Gasteiger partial charge in [0.1, 0.15) is 11.0 Å². The van der Waals surface area contributed by atoms with Crippen LogP contribution in [0.4, 0.5) is 4.39 Å². The van der Waals surface area contributed by atoms with Gasteiger partial charge in [-0.15, -0.1) is 0 Å². The van der Waals surface area contributed by atoms with Crippen LogP contribution in [-0.4, -0.2) is 4.98 Å². The van der Waals surface area contributed by atoms with E-state index in [9.17, 15) is 4.39 Å². The molecule has 2 nitrogen and oxygen atoms in total. The fourth-order valence-electron chi connectivity index (χ4n) is 1.33. The highest BCUT2D eigenvalue weighted by Crippen LogP contribution is 2.25. The second-order valence-corrected chi connectivity index (χ2v) is 3.12. The summed E-state index contributed by atoms with van der Waals surface area (Å²) >= 11 is 5.81. The SMILES string of the molecule is N#Cc1cc(F)cc2ccnc(Cl)c12. The average molecular weight is 207 g/mol. The summed E-state index contributed by atoms with van der Waals surface area (Å²) in [6.07, 6.45) is 1.48. The number of hydrogen-bond acceptors (Lipinski definition) is 2. The average Bonchev–Trinajstić information content (AvgIpc) is 2.16. The van der Waals surface area contributed by atoms with Gasteiger partial charge < -0.3 is 0 Å². The summed E-state index contributed by atoms with van der Waals surface area (Å²) in [5.41, 5.74) is 0.207. The molecule has 0 spiro atoms. The normalized spacial score (nSPS) is 10.1. The predicted octanol–water partition coefficient (Wildman–Crippen LogP) is 2.90. The highest BCUT2D eigenvalue weighted by molar-refractivity contribution is 6.34. The Labute approximate surface area is 84.6 Å². The Morgan fingerprint density at radius 2 is 2.21 bits per heavy atom. The van der Waals surface area contributed by atoms with E-state index in [1.165, 1.54) is 12.3 Å². The van der Waals surface area contributed by atoms with Crippen molar-refractivity contribution in [3.8, 4) is 6.07 Å². The molecule has 2 rings (SSSR count). The summed E-state index contributed by atoms with van der Waals surface area (Å²) in [6.45, 7) is 0. The molecule has 0 bridgehead atoms. The van der Waals surface area contributed by atoms with Gasteiger partial charge in [-0.3, -0.25) is 0 Å². The van der Waals surface area contributed by atoms with Crippen LogP contribution in [0.25, 0.3) is 10.8 Å². The van der Waals surface area contributed by atoms with Gasteiger partial charge in [0.25, 0.3) is 0 Å². The molecular formula is C10H4ClFN2. The fourth-order valence-corrected chi connectivity index (χ4v) is 1.59. The van der Waals surface area contributed by atoms with Crippen LogP contribution < -0.4 is 0 Å². The number of nitriles is 1. The number of aromatic nitrogens is 1. The maximum atomic E-state index is 13.0. The fraction of sp³-hybridized carbons (Fsp3) is 0. The molecule has 0 N–H and O–H groups in total. The van der Waals surface area contributed by atoms with E-state index in [2.05, 4.69) is 4.98 Å². The van der Waals surface area contributed by atoms with E-state index < -0.39 is 5.82 Å². The first-order valence-corrected chi connectivity index (χ1v) is 4.24. The summed E-state index contributed by atoms with van der Waals surface area (Å²) in [6, 6.07) is 5.98. The van der Waals surface area contributed by atoms with Crippen LogP contribution in [0.5, 0.6) is 0 Å². The lowest BCUT2D eigenvalue weighted by molar-refractivity contribution is 0.629. The zero-order valence-corrected chi connectivity index (χ0v) is 7.72. The number of hydrogen-bond donors (Lipinski definition) is 0. The number of benzene rings is 1. The molecule has 1 aromatic heterocycles. The van der Waals surface area contributed by atoms with Crippen LogP contribution in [0.1, 0.15) is 5.56 Å². The molecule has 0 atom stereocenters. The van der Waals surface area contributed by atoms with E-state index in [4.69, 9.17) is 16.9 Å². The van der Waals surface area contributed by atoms with Crippen LogP contribution in [0, 0.1) is 17.1 Å². The Kier molecular flexibility index (Phi) is 2.06. The van der Waals surface area contributed by atoms with E-state index in [1.807, 2.05) is 6.07 Å². The monoisotopic (exact) mass is 206 g/mol. The second-order valence-electron chi connectivity index (χ2n) is 2.77. The van der Waals surface area contributed by atoms with Gasteiger partial charge in [-0.1, -0.05) is 11.6 Å². The topological polar surface area (TPSA) is 36.7 Å². The minimum Gasteiger partial charge on any atom is -0.244 e. The van der Waals surface area contributed by atoms with Crippen molar-refractivity contribution in [2.75, 3.05) is 0 Å². The standard InChI is InChI=1S/C10H4ClFN2/c11-10-9-6(1-2-14-10)3-8(12)4-7(9)5-13/h1-4H. The summed E-state index contributed by atoms with van der Waals surface area (Å²) in [5, 5.41) is 10.1. The van der Waals surface area contributed by atoms with Gasteiger partial charge in [0.2, 0.25) is 0 Å². The molecule has 68 valence electrons. The zero-order chi connectivity index (χ0) is 10.1. The third-order valence-corrected chi connectivity index (χ3v) is 2.19. The zero-order valence-electron chi connectivity index (χ0n) is 6.96. The third kappa shape index (κ3) is 1.30. The summed E-state index contributed by atoms with van der Waals surface area (Å²) < 4.78 is 13.0. The van der Waals surface area contributed by atoms with E-state index in [1.54, 1.807) is 6.07 Å². The molecule has 14 heavy (non-hydrogen) atoms. The first kappa shape index (κ1) is 8.92. The first-order valence-electron chi connectivity index (χ1n) is 3.86. The molecular weight excluding hydrogens is 203 g/mol. The Hall–Kier alpha value is -1.66. The van der Waals surface area contributed by atoms with E-state index in [0.29, 0.717) is 10.8 Å². The summed E-state index contributed by atoms with van der Waals surface area (Å²) in [5.74, 6) is -0.448. The van der Waals surface area contributed by atoms with Gasteiger partial charge in [0, 0.05) is 11.6 Å². The number of halogens is 2. The summed E-state index contributed by atoms with van der Waals surface area (Å²) in [7, 11) is 0. The van der Waals surface area contributed by atoms with Gasteiger partial charge in [0.15, 0.2) is 0 Å². The van der Waals surface area contributed by atoms with Crippen molar-refractivity contribution in [2.24, 2.45) is 0 Å². The van der Waals surface area contributed by atoms with Gasteiger partial charge in [-0.25, -0.2) is 9.37 Å². The van der Waals surface area contributed by atoms with Crippen LogP contribution in [0.3, 0.4) is 0 Å². The van der Waals surface area contributed by atoms with Gasteiger partial charge >= 0.3 is 0 Å². The molecule has 0 aliphatic rings. The Bertz CT molecular complexity index is 546. The molecule has 4 heteroatoms. The lowest BCUT2D eigenvalue weighted by atomic mass is 10.1. The minimum atomic E-state index is -0.448. The van der Waals surface area contributed by atoms with Crippen LogP contribution in [-0.2, 0) is 0 Å². The molecule has 0 fully saturated rings. The van der Waals surface area contributed by atoms with Crippen LogP contribution in [0.15, 0.2) is 24.4 Å². The van der Waals surface area contributed by atoms with Crippen molar-refractivity contribution in [3.05, 3.63) is 40.9 Å². The Morgan fingerprint density at radius 3 is 2.93 bits per heavy atom. The van der Waals surface area contributed by atoms with E-state index in [0.717, 1.165) is 6.07 Å². The number of fused-ring (bicyclic) bond motifs is 1. The number of nitrogens with zero attached hydrogens (tertiary/aromatic N) is 2. The molecule has 2 aromatic rings. The first-order chi connectivity index (χ1) is 6.72. The highest BCUT2D eigenvalue weighted by Gasteiger charge is 2.07. The van der Waals surface area contributed by atoms with E-state index >= 15 is 0 Å². The molecule has 1 heterocycles. The smallest absolute Gasteiger partial charge is 0.138 e. The van der Waals surface area contributed by atoms with E-state index in [-0.39, 0.29) is 10.7 Å².